The second kappa shape index (κ2) is 5.09. The van der Waals surface area contributed by atoms with E-state index in [1.165, 1.54) is 17.5 Å². The summed E-state index contributed by atoms with van der Waals surface area (Å²) in [6, 6.07) is 7.17. The van der Waals surface area contributed by atoms with Gasteiger partial charge in [-0.3, -0.25) is 10.1 Å². The number of halogens is 1. The number of fused-ring (bicyclic) bond motifs is 1. The smallest absolute Gasteiger partial charge is 0.258 e. The zero-order valence-electron chi connectivity index (χ0n) is 11.4. The van der Waals surface area contributed by atoms with Gasteiger partial charge in [-0.25, -0.2) is 4.98 Å². The van der Waals surface area contributed by atoms with Crippen molar-refractivity contribution in [2.75, 3.05) is 0 Å². The number of thiophene rings is 1. The molecule has 0 spiro atoms. The Kier molecular flexibility index (Phi) is 3.39. The number of nitro groups is 1. The molecule has 0 radical (unpaired) electrons. The van der Waals surface area contributed by atoms with E-state index >= 15 is 0 Å². The summed E-state index contributed by atoms with van der Waals surface area (Å²) in [7, 11) is 0. The van der Waals surface area contributed by atoms with Crippen molar-refractivity contribution in [2.45, 2.75) is 13.8 Å². The topological polar surface area (TPSA) is 56.0 Å². The molecule has 0 saturated heterocycles. The van der Waals surface area contributed by atoms with Gasteiger partial charge in [-0.1, -0.05) is 29.8 Å². The van der Waals surface area contributed by atoms with E-state index in [2.05, 4.69) is 4.98 Å². The van der Waals surface area contributed by atoms with Crippen molar-refractivity contribution < 1.29 is 4.92 Å². The molecule has 6 heteroatoms. The number of benzene rings is 1. The molecule has 0 unspecified atom stereocenters. The first-order valence-corrected chi connectivity index (χ1v) is 7.48. The van der Waals surface area contributed by atoms with Crippen LogP contribution in [-0.4, -0.2) is 9.91 Å². The summed E-state index contributed by atoms with van der Waals surface area (Å²) in [5.74, 6) is 0. The predicted molar refractivity (Wildman–Crippen MR) is 86.2 cm³/mol. The van der Waals surface area contributed by atoms with Crippen LogP contribution >= 0.6 is 22.9 Å². The van der Waals surface area contributed by atoms with Crippen LogP contribution in [0.4, 0.5) is 5.69 Å². The number of pyridine rings is 1. The first-order valence-electron chi connectivity index (χ1n) is 6.28. The largest absolute Gasteiger partial charge is 0.296 e. The lowest BCUT2D eigenvalue weighted by Crippen LogP contribution is -1.95. The maximum Gasteiger partial charge on any atom is 0.296 e. The molecule has 0 N–H and O–H groups in total. The minimum Gasteiger partial charge on any atom is -0.258 e. The average Bonchev–Trinajstić information content (AvgIpc) is 2.74. The van der Waals surface area contributed by atoms with Crippen LogP contribution in [0.1, 0.15) is 10.4 Å². The molecule has 4 nitrogen and oxygen atoms in total. The Hall–Kier alpha value is -1.98. The lowest BCUT2D eigenvalue weighted by Gasteiger charge is -2.08. The van der Waals surface area contributed by atoms with Crippen molar-refractivity contribution in [3.63, 3.8) is 0 Å². The molecule has 0 fully saturated rings. The van der Waals surface area contributed by atoms with Crippen LogP contribution in [0.25, 0.3) is 21.3 Å². The van der Waals surface area contributed by atoms with E-state index in [1.807, 2.05) is 26.0 Å². The molecule has 0 aliphatic carbocycles. The van der Waals surface area contributed by atoms with Crippen molar-refractivity contribution in [3.05, 3.63) is 56.0 Å². The highest BCUT2D eigenvalue weighted by Gasteiger charge is 2.24. The summed E-state index contributed by atoms with van der Waals surface area (Å²) in [6.07, 6.45) is 1.32. The molecule has 2 aromatic heterocycles. The van der Waals surface area contributed by atoms with Crippen molar-refractivity contribution in [2.24, 2.45) is 0 Å². The fourth-order valence-electron chi connectivity index (χ4n) is 2.38. The van der Waals surface area contributed by atoms with Gasteiger partial charge in [-0.15, -0.1) is 11.3 Å². The Labute approximate surface area is 130 Å². The molecule has 0 amide bonds. The third-order valence-electron chi connectivity index (χ3n) is 3.52. The molecule has 3 rings (SSSR count). The Morgan fingerprint density at radius 1 is 1.29 bits per heavy atom. The van der Waals surface area contributed by atoms with Crippen molar-refractivity contribution in [3.8, 4) is 11.1 Å². The highest BCUT2D eigenvalue weighted by molar-refractivity contribution is 7.18. The third-order valence-corrected chi connectivity index (χ3v) is 4.96. The van der Waals surface area contributed by atoms with Crippen LogP contribution < -0.4 is 0 Å². The van der Waals surface area contributed by atoms with E-state index < -0.39 is 4.92 Å². The summed E-state index contributed by atoms with van der Waals surface area (Å²) in [6.45, 7) is 3.95. The molecule has 0 atom stereocenters. The lowest BCUT2D eigenvalue weighted by atomic mass is 9.99. The second-order valence-corrected chi connectivity index (χ2v) is 6.33. The van der Waals surface area contributed by atoms with Crippen LogP contribution in [0, 0.1) is 24.0 Å². The summed E-state index contributed by atoms with van der Waals surface area (Å²) in [5, 5.41) is 12.7. The van der Waals surface area contributed by atoms with Crippen molar-refractivity contribution >= 4 is 38.8 Å². The van der Waals surface area contributed by atoms with Crippen LogP contribution in [0.3, 0.4) is 0 Å². The molecule has 1 aromatic carbocycles. The number of hydrogen-bond acceptors (Lipinski definition) is 4. The normalized spacial score (nSPS) is 11.0. The van der Waals surface area contributed by atoms with Gasteiger partial charge in [-0.05, 0) is 25.5 Å². The Morgan fingerprint density at radius 3 is 2.67 bits per heavy atom. The van der Waals surface area contributed by atoms with Gasteiger partial charge in [0.15, 0.2) is 0 Å². The third kappa shape index (κ3) is 2.18. The first kappa shape index (κ1) is 14.0. The van der Waals surface area contributed by atoms with E-state index in [-0.39, 0.29) is 5.69 Å². The summed E-state index contributed by atoms with van der Waals surface area (Å²) in [4.78, 5) is 17.1. The number of nitrogens with zero attached hydrogens (tertiary/aromatic N) is 2. The molecule has 106 valence electrons. The Balaban J connectivity index is 2.51. The number of aryl methyl sites for hydroxylation is 2. The number of rotatable bonds is 2. The highest BCUT2D eigenvalue weighted by Crippen LogP contribution is 2.43. The fraction of sp³-hybridized carbons (Fsp3) is 0.133. The average molecular weight is 319 g/mol. The molecule has 0 saturated carbocycles. The van der Waals surface area contributed by atoms with Crippen LogP contribution in [0.2, 0.25) is 5.02 Å². The van der Waals surface area contributed by atoms with Crippen LogP contribution in [-0.2, 0) is 0 Å². The number of hydrogen-bond donors (Lipinski definition) is 0. The monoisotopic (exact) mass is 318 g/mol. The molecule has 0 aliphatic rings. The second-order valence-electron chi connectivity index (χ2n) is 4.72. The summed E-state index contributed by atoms with van der Waals surface area (Å²) in [5.41, 5.74) is 2.22. The molecule has 21 heavy (non-hydrogen) atoms. The maximum absolute atomic E-state index is 11.4. The van der Waals surface area contributed by atoms with Gasteiger partial charge < -0.3 is 0 Å². The van der Waals surface area contributed by atoms with E-state index in [4.69, 9.17) is 11.6 Å². The predicted octanol–water partition coefficient (Wildman–Crippen LogP) is 5.14. The lowest BCUT2D eigenvalue weighted by molar-refractivity contribution is -0.384. The molecule has 0 aliphatic heterocycles. The summed E-state index contributed by atoms with van der Waals surface area (Å²) >= 11 is 7.79. The fourth-order valence-corrected chi connectivity index (χ4v) is 3.62. The van der Waals surface area contributed by atoms with Gasteiger partial charge in [0, 0.05) is 20.8 Å². The van der Waals surface area contributed by atoms with Crippen LogP contribution in [0.5, 0.6) is 0 Å². The Bertz CT molecular complexity index is 873. The Morgan fingerprint density at radius 2 is 2.00 bits per heavy atom. The van der Waals surface area contributed by atoms with E-state index in [0.717, 1.165) is 20.7 Å². The first-order chi connectivity index (χ1) is 10.0. The molecule has 3 aromatic rings. The molecule has 2 heterocycles. The van der Waals surface area contributed by atoms with Gasteiger partial charge >= 0.3 is 0 Å². The maximum atomic E-state index is 11.4. The van der Waals surface area contributed by atoms with Gasteiger partial charge in [0.05, 0.1) is 10.5 Å². The van der Waals surface area contributed by atoms with E-state index in [0.29, 0.717) is 16.1 Å². The quantitative estimate of drug-likeness (QED) is 0.485. The zero-order valence-corrected chi connectivity index (χ0v) is 13.0. The standard InChI is InChI=1S/C15H11ClN2O2S/c1-8-9(2)21-15-13(8)14(12(7-17-15)18(19)20)10-5-3-4-6-11(10)16/h3-7H,1-2H3. The van der Waals surface area contributed by atoms with E-state index in [1.54, 1.807) is 12.1 Å². The van der Waals surface area contributed by atoms with E-state index in [9.17, 15) is 10.1 Å². The highest BCUT2D eigenvalue weighted by atomic mass is 35.5. The minimum atomic E-state index is -0.405. The van der Waals surface area contributed by atoms with Gasteiger partial charge in [-0.2, -0.15) is 0 Å². The molecule has 0 bridgehead atoms. The van der Waals surface area contributed by atoms with Gasteiger partial charge in [0.2, 0.25) is 0 Å². The van der Waals surface area contributed by atoms with Crippen molar-refractivity contribution in [1.82, 2.24) is 4.98 Å². The number of aromatic nitrogens is 1. The van der Waals surface area contributed by atoms with Crippen LogP contribution in [0.15, 0.2) is 30.5 Å². The molecular weight excluding hydrogens is 308 g/mol. The zero-order chi connectivity index (χ0) is 15.1. The summed E-state index contributed by atoms with van der Waals surface area (Å²) < 4.78 is 0. The van der Waals surface area contributed by atoms with Crippen molar-refractivity contribution in [1.29, 1.82) is 0 Å². The SMILES string of the molecule is Cc1sc2ncc([N+](=O)[O-])c(-c3ccccc3Cl)c2c1C. The molecular formula is C15H11ClN2O2S. The van der Waals surface area contributed by atoms with Gasteiger partial charge in [0.25, 0.3) is 5.69 Å². The van der Waals surface area contributed by atoms with Gasteiger partial charge in [0.1, 0.15) is 11.0 Å². The minimum absolute atomic E-state index is 0.0171.